The van der Waals surface area contributed by atoms with Gasteiger partial charge >= 0.3 is 0 Å². The summed E-state index contributed by atoms with van der Waals surface area (Å²) in [7, 11) is 0. The molecule has 1 N–H and O–H groups in total. The molecule has 0 aromatic carbocycles. The monoisotopic (exact) mass is 166 g/mol. The molecule has 2 aliphatic carbocycles. The molecule has 2 aliphatic rings. The topological polar surface area (TPSA) is 37.3 Å². The van der Waals surface area contributed by atoms with Gasteiger partial charge in [-0.25, -0.2) is 0 Å². The number of carbonyl (C=O) groups is 1. The first-order chi connectivity index (χ1) is 5.55. The highest BCUT2D eigenvalue weighted by molar-refractivity contribution is 5.86. The molecule has 0 bridgehead atoms. The van der Waals surface area contributed by atoms with Gasteiger partial charge in [0.15, 0.2) is 0 Å². The number of carbonyl (C=O) groups excluding carboxylic acids is 1. The van der Waals surface area contributed by atoms with Crippen LogP contribution in [0.5, 0.6) is 0 Å². The predicted octanol–water partition coefficient (Wildman–Crippen LogP) is 1.29. The number of hydrogen-bond donors (Lipinski definition) is 1. The van der Waals surface area contributed by atoms with Gasteiger partial charge in [0.1, 0.15) is 5.78 Å². The summed E-state index contributed by atoms with van der Waals surface area (Å²) >= 11 is 0. The third kappa shape index (κ3) is 0.761. The zero-order valence-electron chi connectivity index (χ0n) is 7.50. The van der Waals surface area contributed by atoms with Gasteiger partial charge in [0.05, 0.1) is 5.60 Å². The molecule has 1 saturated carbocycles. The van der Waals surface area contributed by atoms with E-state index in [0.29, 0.717) is 6.42 Å². The van der Waals surface area contributed by atoms with Crippen molar-refractivity contribution in [1.29, 1.82) is 0 Å². The number of hydrogen-bond acceptors (Lipinski definition) is 2. The highest BCUT2D eigenvalue weighted by Gasteiger charge is 2.53. The van der Waals surface area contributed by atoms with Gasteiger partial charge in [-0.3, -0.25) is 4.79 Å². The van der Waals surface area contributed by atoms with Gasteiger partial charge in [-0.05, 0) is 18.9 Å². The van der Waals surface area contributed by atoms with E-state index in [0.717, 1.165) is 12.0 Å². The Morgan fingerprint density at radius 2 is 2.33 bits per heavy atom. The molecule has 2 nitrogen and oxygen atoms in total. The number of ketones is 1. The van der Waals surface area contributed by atoms with Crippen LogP contribution in [-0.2, 0) is 4.79 Å². The molecule has 12 heavy (non-hydrogen) atoms. The van der Waals surface area contributed by atoms with Crippen molar-refractivity contribution in [3.63, 3.8) is 0 Å². The summed E-state index contributed by atoms with van der Waals surface area (Å²) in [6.07, 6.45) is 3.27. The Morgan fingerprint density at radius 1 is 1.67 bits per heavy atom. The van der Waals surface area contributed by atoms with Crippen LogP contribution in [0.4, 0.5) is 0 Å². The molecule has 1 fully saturated rings. The second-order valence-corrected chi connectivity index (χ2v) is 4.09. The lowest BCUT2D eigenvalue weighted by atomic mass is 9.86. The summed E-state index contributed by atoms with van der Waals surface area (Å²) in [5, 5.41) is 10.2. The quantitative estimate of drug-likeness (QED) is 0.551. The van der Waals surface area contributed by atoms with Crippen LogP contribution in [0.15, 0.2) is 11.6 Å². The number of fused-ring (bicyclic) bond motifs is 1. The van der Waals surface area contributed by atoms with Crippen molar-refractivity contribution in [2.45, 2.75) is 32.3 Å². The molecule has 0 aromatic heterocycles. The average molecular weight is 166 g/mol. The zero-order valence-corrected chi connectivity index (χ0v) is 7.50. The van der Waals surface area contributed by atoms with Crippen molar-refractivity contribution < 1.29 is 9.90 Å². The molecule has 0 radical (unpaired) electrons. The molecule has 2 rings (SSSR count). The molecule has 2 heteroatoms. The first kappa shape index (κ1) is 7.99. The normalized spacial score (nSPS) is 46.2. The highest BCUT2D eigenvalue weighted by atomic mass is 16.3. The standard InChI is InChI=1S/C10H14O2/c1-6-3-4-8-7(2)9(11)5-10(6,8)12/h3,7-8,12H,4-5H2,1-2H3. The fourth-order valence-electron chi connectivity index (χ4n) is 2.51. The van der Waals surface area contributed by atoms with E-state index < -0.39 is 5.60 Å². The van der Waals surface area contributed by atoms with Crippen LogP contribution in [0.3, 0.4) is 0 Å². The van der Waals surface area contributed by atoms with Crippen LogP contribution >= 0.6 is 0 Å². The third-order valence-electron chi connectivity index (χ3n) is 3.53. The van der Waals surface area contributed by atoms with Crippen LogP contribution in [0.1, 0.15) is 26.7 Å². The largest absolute Gasteiger partial charge is 0.385 e. The Morgan fingerprint density at radius 3 is 2.92 bits per heavy atom. The van der Waals surface area contributed by atoms with E-state index in [-0.39, 0.29) is 17.6 Å². The van der Waals surface area contributed by atoms with Crippen LogP contribution in [0, 0.1) is 11.8 Å². The molecule has 3 unspecified atom stereocenters. The summed E-state index contributed by atoms with van der Waals surface area (Å²) < 4.78 is 0. The smallest absolute Gasteiger partial charge is 0.139 e. The molecule has 0 aromatic rings. The summed E-state index contributed by atoms with van der Waals surface area (Å²) in [6, 6.07) is 0. The molecule has 0 spiro atoms. The third-order valence-corrected chi connectivity index (χ3v) is 3.53. The maximum Gasteiger partial charge on any atom is 0.139 e. The molecule has 0 amide bonds. The number of aliphatic hydroxyl groups is 1. The molecule has 0 saturated heterocycles. The van der Waals surface area contributed by atoms with Gasteiger partial charge in [-0.2, -0.15) is 0 Å². The second kappa shape index (κ2) is 2.19. The average Bonchev–Trinajstić information content (AvgIpc) is 2.38. The van der Waals surface area contributed by atoms with Gasteiger partial charge in [-0.15, -0.1) is 0 Å². The minimum Gasteiger partial charge on any atom is -0.385 e. The molecular formula is C10H14O2. The SMILES string of the molecule is CC1=CCC2C(C)C(=O)CC12O. The predicted molar refractivity (Wildman–Crippen MR) is 45.6 cm³/mol. The van der Waals surface area contributed by atoms with Gasteiger partial charge in [-0.1, -0.05) is 13.0 Å². The fourth-order valence-corrected chi connectivity index (χ4v) is 2.51. The molecule has 3 atom stereocenters. The van der Waals surface area contributed by atoms with E-state index in [1.165, 1.54) is 0 Å². The van der Waals surface area contributed by atoms with E-state index in [1.54, 1.807) is 0 Å². The molecular weight excluding hydrogens is 152 g/mol. The Hall–Kier alpha value is -0.630. The first-order valence-corrected chi connectivity index (χ1v) is 4.48. The number of Topliss-reactive ketones (excluding diaryl/α,β-unsaturated/α-hetero) is 1. The van der Waals surface area contributed by atoms with Gasteiger partial charge in [0.2, 0.25) is 0 Å². The Labute approximate surface area is 72.3 Å². The minimum atomic E-state index is -0.781. The van der Waals surface area contributed by atoms with E-state index in [2.05, 4.69) is 6.08 Å². The van der Waals surface area contributed by atoms with E-state index in [1.807, 2.05) is 13.8 Å². The van der Waals surface area contributed by atoms with Gasteiger partial charge in [0, 0.05) is 18.3 Å². The van der Waals surface area contributed by atoms with E-state index >= 15 is 0 Å². The lowest BCUT2D eigenvalue weighted by Gasteiger charge is -2.25. The summed E-state index contributed by atoms with van der Waals surface area (Å²) in [5.41, 5.74) is 0.210. The van der Waals surface area contributed by atoms with Crippen LogP contribution in [0.2, 0.25) is 0 Å². The fraction of sp³-hybridized carbons (Fsp3) is 0.700. The molecule has 0 aliphatic heterocycles. The highest BCUT2D eigenvalue weighted by Crippen LogP contribution is 2.48. The summed E-state index contributed by atoms with van der Waals surface area (Å²) in [4.78, 5) is 11.4. The molecule has 66 valence electrons. The van der Waals surface area contributed by atoms with Crippen molar-refractivity contribution in [1.82, 2.24) is 0 Å². The van der Waals surface area contributed by atoms with Crippen molar-refractivity contribution in [3.8, 4) is 0 Å². The second-order valence-electron chi connectivity index (χ2n) is 4.09. The number of allylic oxidation sites excluding steroid dienone is 1. The lowest BCUT2D eigenvalue weighted by Crippen LogP contribution is -2.31. The van der Waals surface area contributed by atoms with Crippen LogP contribution < -0.4 is 0 Å². The Balaban J connectivity index is 2.37. The summed E-state index contributed by atoms with van der Waals surface area (Å²) in [5.74, 6) is 0.420. The first-order valence-electron chi connectivity index (χ1n) is 4.48. The minimum absolute atomic E-state index is 0.0451. The maximum atomic E-state index is 11.4. The molecule has 0 heterocycles. The van der Waals surface area contributed by atoms with E-state index in [4.69, 9.17) is 0 Å². The van der Waals surface area contributed by atoms with Crippen molar-refractivity contribution in [2.75, 3.05) is 0 Å². The Kier molecular flexibility index (Phi) is 1.46. The van der Waals surface area contributed by atoms with Crippen LogP contribution in [0.25, 0.3) is 0 Å². The summed E-state index contributed by atoms with van der Waals surface area (Å²) in [6.45, 7) is 3.85. The van der Waals surface area contributed by atoms with Gasteiger partial charge in [0.25, 0.3) is 0 Å². The Bertz CT molecular complexity index is 267. The van der Waals surface area contributed by atoms with Crippen LogP contribution in [-0.4, -0.2) is 16.5 Å². The lowest BCUT2D eigenvalue weighted by molar-refractivity contribution is -0.121. The zero-order chi connectivity index (χ0) is 8.93. The van der Waals surface area contributed by atoms with Crippen molar-refractivity contribution in [2.24, 2.45) is 11.8 Å². The van der Waals surface area contributed by atoms with Crippen molar-refractivity contribution in [3.05, 3.63) is 11.6 Å². The number of rotatable bonds is 0. The van der Waals surface area contributed by atoms with Gasteiger partial charge < -0.3 is 5.11 Å². The van der Waals surface area contributed by atoms with Crippen molar-refractivity contribution >= 4 is 5.78 Å². The maximum absolute atomic E-state index is 11.4. The van der Waals surface area contributed by atoms with E-state index in [9.17, 15) is 9.90 Å².